The standard InChI is InChI=1S/C17H14F2N4O4/c1-22-15-14(12(27-2)5-6-20-15)16(25)23(17(22)26)8-13(24)21-11-4-3-9(18)7-10(11)19/h3-7,14H,8H2,1-2H3/p+1. The largest absolute Gasteiger partial charge is 0.499 e. The summed E-state index contributed by atoms with van der Waals surface area (Å²) in [6.45, 7) is -0.649. The van der Waals surface area contributed by atoms with Gasteiger partial charge in [0.05, 0.1) is 19.8 Å². The number of anilines is 1. The van der Waals surface area contributed by atoms with Crippen LogP contribution in [-0.2, 0) is 14.3 Å². The SMILES string of the molecule is COC1=CC=NC2=[N+](C)C(=O)N(CC(=O)Nc3ccc(F)cc3F)C(=O)C12. The molecule has 4 amide bonds. The molecule has 3 rings (SSSR count). The molecule has 2 heterocycles. The quantitative estimate of drug-likeness (QED) is 0.797. The normalized spacial score (nSPS) is 19.0. The predicted molar refractivity (Wildman–Crippen MR) is 90.4 cm³/mol. The van der Waals surface area contributed by atoms with E-state index in [1.165, 1.54) is 26.4 Å². The third-order valence-corrected chi connectivity index (χ3v) is 4.11. The van der Waals surface area contributed by atoms with E-state index in [0.29, 0.717) is 6.07 Å². The molecule has 0 aliphatic carbocycles. The third-order valence-electron chi connectivity index (χ3n) is 4.11. The van der Waals surface area contributed by atoms with Gasteiger partial charge in [0, 0.05) is 12.1 Å². The average Bonchev–Trinajstić information content (AvgIpc) is 2.65. The number of nitrogens with zero attached hydrogens (tertiary/aromatic N) is 3. The van der Waals surface area contributed by atoms with Gasteiger partial charge in [-0.15, -0.1) is 4.99 Å². The van der Waals surface area contributed by atoms with Crippen molar-refractivity contribution >= 4 is 35.6 Å². The maximum Gasteiger partial charge on any atom is 0.446 e. The van der Waals surface area contributed by atoms with E-state index in [2.05, 4.69) is 10.3 Å². The zero-order valence-electron chi connectivity index (χ0n) is 14.4. The molecule has 1 atom stereocenters. The molecular formula is C17H15F2N4O4+. The topological polar surface area (TPSA) is 91.1 Å². The molecular weight excluding hydrogens is 362 g/mol. The van der Waals surface area contributed by atoms with Gasteiger partial charge in [-0.05, 0) is 12.1 Å². The number of rotatable bonds is 4. The van der Waals surface area contributed by atoms with Crippen molar-refractivity contribution in [1.82, 2.24) is 4.90 Å². The molecule has 10 heteroatoms. The first-order valence-corrected chi connectivity index (χ1v) is 7.82. The second-order valence-corrected chi connectivity index (χ2v) is 5.78. The fourth-order valence-corrected chi connectivity index (χ4v) is 2.78. The van der Waals surface area contributed by atoms with Crippen molar-refractivity contribution in [3.8, 4) is 0 Å². The Bertz CT molecular complexity index is 939. The number of halogens is 2. The van der Waals surface area contributed by atoms with Crippen LogP contribution >= 0.6 is 0 Å². The molecule has 0 saturated heterocycles. The number of carbonyl (C=O) groups is 3. The summed E-state index contributed by atoms with van der Waals surface area (Å²) in [5.74, 6) is -3.77. The summed E-state index contributed by atoms with van der Waals surface area (Å²) >= 11 is 0. The third kappa shape index (κ3) is 3.33. The summed E-state index contributed by atoms with van der Waals surface area (Å²) in [6.07, 6.45) is 2.89. The summed E-state index contributed by atoms with van der Waals surface area (Å²) in [4.78, 5) is 42.2. The fraction of sp³-hybridized carbons (Fsp3) is 0.235. The molecule has 1 aromatic rings. The van der Waals surface area contributed by atoms with Gasteiger partial charge in [-0.3, -0.25) is 9.59 Å². The molecule has 0 radical (unpaired) electrons. The molecule has 1 N–H and O–H groups in total. The number of nitrogens with one attached hydrogen (secondary N) is 1. The number of amides is 4. The van der Waals surface area contributed by atoms with E-state index < -0.39 is 41.9 Å². The Balaban J connectivity index is 1.82. The van der Waals surface area contributed by atoms with Gasteiger partial charge in [-0.2, -0.15) is 9.48 Å². The minimum absolute atomic E-state index is 0.186. The van der Waals surface area contributed by atoms with Crippen LogP contribution in [0.25, 0.3) is 0 Å². The number of ether oxygens (including phenoxy) is 1. The van der Waals surface area contributed by atoms with Crippen LogP contribution in [0.2, 0.25) is 0 Å². The monoisotopic (exact) mass is 377 g/mol. The summed E-state index contributed by atoms with van der Waals surface area (Å²) in [5, 5.41) is 2.21. The summed E-state index contributed by atoms with van der Waals surface area (Å²) in [7, 11) is 2.79. The smallest absolute Gasteiger partial charge is 0.446 e. The first-order chi connectivity index (χ1) is 12.8. The predicted octanol–water partition coefficient (Wildman–Crippen LogP) is 1.14. The van der Waals surface area contributed by atoms with Crippen LogP contribution in [0.4, 0.5) is 19.3 Å². The average molecular weight is 377 g/mol. The number of aliphatic imine (C=N–C) groups is 1. The highest BCUT2D eigenvalue weighted by Gasteiger charge is 2.50. The molecule has 0 spiro atoms. The lowest BCUT2D eigenvalue weighted by molar-refractivity contribution is -0.408. The van der Waals surface area contributed by atoms with Crippen LogP contribution in [0, 0.1) is 17.6 Å². The van der Waals surface area contributed by atoms with Gasteiger partial charge in [0.15, 0.2) is 12.5 Å². The molecule has 0 fully saturated rings. The van der Waals surface area contributed by atoms with E-state index in [1.54, 1.807) is 0 Å². The second kappa shape index (κ2) is 7.06. The Morgan fingerprint density at radius 2 is 2.11 bits per heavy atom. The lowest BCUT2D eigenvalue weighted by Gasteiger charge is -2.27. The van der Waals surface area contributed by atoms with E-state index in [-0.39, 0.29) is 17.3 Å². The number of benzene rings is 1. The molecule has 0 bridgehead atoms. The highest BCUT2D eigenvalue weighted by atomic mass is 19.1. The van der Waals surface area contributed by atoms with Crippen LogP contribution < -0.4 is 5.32 Å². The van der Waals surface area contributed by atoms with Crippen molar-refractivity contribution in [2.75, 3.05) is 26.0 Å². The number of urea groups is 1. The first-order valence-electron chi connectivity index (χ1n) is 7.82. The highest BCUT2D eigenvalue weighted by molar-refractivity contribution is 6.16. The van der Waals surface area contributed by atoms with E-state index in [0.717, 1.165) is 21.6 Å². The number of amidine groups is 1. The van der Waals surface area contributed by atoms with E-state index in [4.69, 9.17) is 4.74 Å². The van der Waals surface area contributed by atoms with E-state index >= 15 is 0 Å². The molecule has 2 aliphatic heterocycles. The minimum atomic E-state index is -0.974. The highest BCUT2D eigenvalue weighted by Crippen LogP contribution is 2.24. The molecule has 8 nitrogen and oxygen atoms in total. The Morgan fingerprint density at radius 1 is 1.37 bits per heavy atom. The van der Waals surface area contributed by atoms with Crippen molar-refractivity contribution in [3.63, 3.8) is 0 Å². The molecule has 0 saturated carbocycles. The van der Waals surface area contributed by atoms with Crippen molar-refractivity contribution in [2.45, 2.75) is 0 Å². The zero-order valence-corrected chi connectivity index (χ0v) is 14.4. The van der Waals surface area contributed by atoms with Gasteiger partial charge in [0.2, 0.25) is 0 Å². The minimum Gasteiger partial charge on any atom is -0.499 e. The van der Waals surface area contributed by atoms with Crippen LogP contribution in [-0.4, -0.2) is 60.1 Å². The molecule has 0 aromatic heterocycles. The number of hydrogen-bond acceptors (Lipinski definition) is 5. The molecule has 2 aliphatic rings. The molecule has 1 aromatic carbocycles. The summed E-state index contributed by atoms with van der Waals surface area (Å²) in [6, 6.07) is 1.87. The zero-order chi connectivity index (χ0) is 19.7. The number of carbonyl (C=O) groups excluding carboxylic acids is 3. The van der Waals surface area contributed by atoms with Gasteiger partial charge in [-0.1, -0.05) is 0 Å². The number of fused-ring (bicyclic) bond motifs is 1. The van der Waals surface area contributed by atoms with E-state index in [9.17, 15) is 23.2 Å². The molecule has 27 heavy (non-hydrogen) atoms. The Kier molecular flexibility index (Phi) is 4.80. The van der Waals surface area contributed by atoms with E-state index in [1.807, 2.05) is 0 Å². The Labute approximate surface area is 152 Å². The summed E-state index contributed by atoms with van der Waals surface area (Å²) < 4.78 is 32.9. The lowest BCUT2D eigenvalue weighted by atomic mass is 9.99. The van der Waals surface area contributed by atoms with Crippen molar-refractivity contribution in [2.24, 2.45) is 10.9 Å². The summed E-state index contributed by atoms with van der Waals surface area (Å²) in [5.41, 5.74) is -0.265. The first kappa shape index (κ1) is 18.4. The van der Waals surface area contributed by atoms with Crippen LogP contribution in [0.3, 0.4) is 0 Å². The second-order valence-electron chi connectivity index (χ2n) is 5.78. The van der Waals surface area contributed by atoms with Crippen LogP contribution in [0.15, 0.2) is 35.0 Å². The maximum absolute atomic E-state index is 13.7. The van der Waals surface area contributed by atoms with Crippen LogP contribution in [0.5, 0.6) is 0 Å². The van der Waals surface area contributed by atoms with Crippen LogP contribution in [0.1, 0.15) is 0 Å². The van der Waals surface area contributed by atoms with Crippen molar-refractivity contribution in [3.05, 3.63) is 41.7 Å². The number of imide groups is 1. The van der Waals surface area contributed by atoms with Gasteiger partial charge in [0.1, 0.15) is 23.6 Å². The maximum atomic E-state index is 13.7. The molecule has 1 unspecified atom stereocenters. The van der Waals surface area contributed by atoms with Gasteiger partial charge in [0.25, 0.3) is 11.7 Å². The fourth-order valence-electron chi connectivity index (χ4n) is 2.78. The number of methoxy groups -OCH3 is 1. The van der Waals surface area contributed by atoms with Crippen molar-refractivity contribution < 1.29 is 32.5 Å². The Hall–Kier alpha value is -3.43. The van der Waals surface area contributed by atoms with Gasteiger partial charge in [-0.25, -0.2) is 13.6 Å². The number of dihydropyridines is 1. The van der Waals surface area contributed by atoms with Gasteiger partial charge >= 0.3 is 11.9 Å². The number of allylic oxidation sites excluding steroid dienone is 1. The Morgan fingerprint density at radius 3 is 2.78 bits per heavy atom. The molecule has 140 valence electrons. The van der Waals surface area contributed by atoms with Gasteiger partial charge < -0.3 is 10.1 Å². The number of hydrogen-bond donors (Lipinski definition) is 1. The lowest BCUT2D eigenvalue weighted by Crippen LogP contribution is -2.56. The van der Waals surface area contributed by atoms with Crippen molar-refractivity contribution in [1.29, 1.82) is 0 Å².